The number of carbonyl (C=O) groups is 2. The van der Waals surface area contributed by atoms with E-state index in [4.69, 9.17) is 14.2 Å². The van der Waals surface area contributed by atoms with Crippen molar-refractivity contribution in [1.82, 2.24) is 5.32 Å². The molecule has 0 aromatic carbocycles. The fraction of sp³-hybridized carbons (Fsp3) is 0.797. The van der Waals surface area contributed by atoms with Crippen molar-refractivity contribution in [2.45, 2.75) is 333 Å². The third-order valence-corrected chi connectivity index (χ3v) is 15.2. The summed E-state index contributed by atoms with van der Waals surface area (Å²) < 4.78 is 16.7. The predicted molar refractivity (Wildman–Crippen MR) is 333 cm³/mol. The Kier molecular flexibility index (Phi) is 54.4. The molecule has 1 saturated heterocycles. The number of carbonyl (C=O) groups excluding carboxylic acids is 2. The summed E-state index contributed by atoms with van der Waals surface area (Å²) in [5.74, 6) is -0.208. The number of hydrogen-bond acceptors (Lipinski definition) is 10. The van der Waals surface area contributed by atoms with Crippen LogP contribution in [0.5, 0.6) is 0 Å². The normalized spacial score (nSPS) is 18.8. The van der Waals surface area contributed by atoms with Crippen LogP contribution in [-0.4, -0.2) is 100 Å². The van der Waals surface area contributed by atoms with Crippen LogP contribution in [0.1, 0.15) is 290 Å². The van der Waals surface area contributed by atoms with Gasteiger partial charge in [-0.15, -0.1) is 0 Å². The van der Waals surface area contributed by atoms with Gasteiger partial charge in [0.05, 0.1) is 32.0 Å². The minimum atomic E-state index is -1.58. The van der Waals surface area contributed by atoms with Crippen molar-refractivity contribution in [3.63, 3.8) is 0 Å². The zero-order valence-electron chi connectivity index (χ0n) is 51.3. The molecule has 0 spiro atoms. The molecule has 0 aromatic rings. The highest BCUT2D eigenvalue weighted by Crippen LogP contribution is 2.23. The van der Waals surface area contributed by atoms with Gasteiger partial charge in [0.15, 0.2) is 6.29 Å². The summed E-state index contributed by atoms with van der Waals surface area (Å²) in [5, 5.41) is 54.3. The highest BCUT2D eigenvalue weighted by atomic mass is 16.7. The fourth-order valence-corrected chi connectivity index (χ4v) is 9.97. The van der Waals surface area contributed by atoms with Gasteiger partial charge in [-0.05, 0) is 109 Å². The molecule has 0 saturated carbocycles. The first-order valence-electron chi connectivity index (χ1n) is 33.2. The van der Waals surface area contributed by atoms with Crippen molar-refractivity contribution >= 4 is 11.9 Å². The molecular formula is C69H123NO10. The predicted octanol–water partition coefficient (Wildman–Crippen LogP) is 16.3. The Balaban J connectivity index is 2.00. The average Bonchev–Trinajstić information content (AvgIpc) is 3.50. The van der Waals surface area contributed by atoms with E-state index in [1.54, 1.807) is 6.08 Å². The van der Waals surface area contributed by atoms with Gasteiger partial charge in [0, 0.05) is 12.8 Å². The molecule has 7 unspecified atom stereocenters. The van der Waals surface area contributed by atoms with E-state index in [1.165, 1.54) is 180 Å². The van der Waals surface area contributed by atoms with E-state index in [2.05, 4.69) is 79.9 Å². The molecule has 1 aliphatic rings. The van der Waals surface area contributed by atoms with Gasteiger partial charge in [0.2, 0.25) is 5.91 Å². The number of rotatable bonds is 57. The Labute approximate surface area is 490 Å². The molecule has 0 bridgehead atoms. The van der Waals surface area contributed by atoms with E-state index in [9.17, 15) is 35.1 Å². The number of aliphatic hydroxyl groups excluding tert-OH is 5. The summed E-state index contributed by atoms with van der Waals surface area (Å²) in [7, 11) is 0. The van der Waals surface area contributed by atoms with Gasteiger partial charge in [-0.3, -0.25) is 9.59 Å². The number of unbranched alkanes of at least 4 members (excludes halogenated alkanes) is 33. The molecule has 1 heterocycles. The topological polar surface area (TPSA) is 175 Å². The fourth-order valence-electron chi connectivity index (χ4n) is 9.97. The minimum absolute atomic E-state index is 0.00804. The van der Waals surface area contributed by atoms with E-state index < -0.39 is 49.5 Å². The highest BCUT2D eigenvalue weighted by Gasteiger charge is 2.44. The molecule has 11 nitrogen and oxygen atoms in total. The number of aliphatic hydroxyl groups is 5. The molecule has 1 rings (SSSR count). The minimum Gasteiger partial charge on any atom is -0.466 e. The monoisotopic (exact) mass is 1130 g/mol. The number of esters is 1. The maximum Gasteiger partial charge on any atom is 0.305 e. The molecule has 1 amide bonds. The van der Waals surface area contributed by atoms with Crippen molar-refractivity contribution in [3.8, 4) is 0 Å². The highest BCUT2D eigenvalue weighted by molar-refractivity contribution is 5.76. The molecule has 1 aliphatic heterocycles. The first-order valence-corrected chi connectivity index (χ1v) is 33.2. The number of allylic oxidation sites excluding steroid dienone is 11. The van der Waals surface area contributed by atoms with Gasteiger partial charge in [0.25, 0.3) is 0 Å². The Morgan fingerprint density at radius 1 is 0.463 bits per heavy atom. The number of nitrogens with one attached hydrogen (secondary N) is 1. The molecule has 0 radical (unpaired) electrons. The van der Waals surface area contributed by atoms with Crippen LogP contribution in [-0.2, 0) is 23.8 Å². The third kappa shape index (κ3) is 46.6. The molecular weight excluding hydrogens is 1000 g/mol. The van der Waals surface area contributed by atoms with Crippen molar-refractivity contribution in [2.75, 3.05) is 19.8 Å². The molecule has 464 valence electrons. The smallest absolute Gasteiger partial charge is 0.305 e. The van der Waals surface area contributed by atoms with E-state index >= 15 is 0 Å². The molecule has 80 heavy (non-hydrogen) atoms. The van der Waals surface area contributed by atoms with Gasteiger partial charge in [-0.25, -0.2) is 0 Å². The summed E-state index contributed by atoms with van der Waals surface area (Å²) >= 11 is 0. The van der Waals surface area contributed by atoms with Crippen LogP contribution in [0, 0.1) is 0 Å². The number of ether oxygens (including phenoxy) is 3. The Hall–Kier alpha value is -2.90. The van der Waals surface area contributed by atoms with Gasteiger partial charge in [0.1, 0.15) is 24.4 Å². The molecule has 11 heteroatoms. The van der Waals surface area contributed by atoms with Crippen LogP contribution in [0.3, 0.4) is 0 Å². The van der Waals surface area contributed by atoms with Crippen molar-refractivity contribution < 1.29 is 49.3 Å². The molecule has 7 atom stereocenters. The second kappa shape index (κ2) is 57.9. The largest absolute Gasteiger partial charge is 0.466 e. The van der Waals surface area contributed by atoms with E-state index in [0.717, 1.165) is 83.5 Å². The quantitative estimate of drug-likeness (QED) is 0.0195. The lowest BCUT2D eigenvalue weighted by atomic mass is 9.99. The Bertz CT molecular complexity index is 1560. The Morgan fingerprint density at radius 3 is 1.36 bits per heavy atom. The van der Waals surface area contributed by atoms with Gasteiger partial charge in [-0.2, -0.15) is 0 Å². The zero-order valence-corrected chi connectivity index (χ0v) is 51.3. The van der Waals surface area contributed by atoms with Crippen LogP contribution in [0.25, 0.3) is 0 Å². The van der Waals surface area contributed by atoms with Crippen LogP contribution in [0.4, 0.5) is 0 Å². The van der Waals surface area contributed by atoms with Crippen LogP contribution < -0.4 is 5.32 Å². The standard InChI is InChI=1S/C69H123NO10/c1-3-5-7-9-11-13-15-37-41-45-49-53-57-65(74)78-58-54-50-46-42-38-34-32-30-28-26-24-22-20-18-16-17-19-21-23-25-27-29-31-33-36-40-44-48-52-56-64(73)70-61(60-79-69-68(77)67(76)66(75)63(59-71)80-69)62(72)55-51-47-43-39-35-14-12-10-8-6-4-2/h8,10-11,13,16,18,22,24,35,39,51,55,61-63,66-69,71-72,75-77H,3-7,9,12,14-15,17,19-21,23,25-34,36-38,40-50,52-54,56-60H2,1-2H3,(H,70,73)/b10-8+,13-11-,18-16-,24-22-,39-35+,55-51+. The van der Waals surface area contributed by atoms with Gasteiger partial charge < -0.3 is 45.1 Å². The number of hydrogen-bond donors (Lipinski definition) is 6. The molecule has 6 N–H and O–H groups in total. The summed E-state index contributed by atoms with van der Waals surface area (Å²) in [4.78, 5) is 25.0. The van der Waals surface area contributed by atoms with Gasteiger partial charge in [-0.1, -0.05) is 241 Å². The summed E-state index contributed by atoms with van der Waals surface area (Å²) in [6, 6.07) is -0.836. The average molecular weight is 1130 g/mol. The second-order valence-corrected chi connectivity index (χ2v) is 22.8. The maximum absolute atomic E-state index is 13.0. The zero-order chi connectivity index (χ0) is 58.0. The first kappa shape index (κ1) is 75.1. The summed E-state index contributed by atoms with van der Waals surface area (Å²) in [5.41, 5.74) is 0. The van der Waals surface area contributed by atoms with Crippen LogP contribution in [0.15, 0.2) is 72.9 Å². The van der Waals surface area contributed by atoms with Crippen molar-refractivity contribution in [2.24, 2.45) is 0 Å². The Morgan fingerprint density at radius 2 is 0.875 bits per heavy atom. The van der Waals surface area contributed by atoms with Crippen LogP contribution in [0.2, 0.25) is 0 Å². The van der Waals surface area contributed by atoms with Crippen LogP contribution >= 0.6 is 0 Å². The van der Waals surface area contributed by atoms with Crippen molar-refractivity contribution in [3.05, 3.63) is 72.9 Å². The number of amides is 1. The molecule has 0 aromatic heterocycles. The summed E-state index contributed by atoms with van der Waals surface area (Å²) in [6.07, 6.45) is 67.5. The lowest BCUT2D eigenvalue weighted by molar-refractivity contribution is -0.302. The summed E-state index contributed by atoms with van der Waals surface area (Å²) in [6.45, 7) is 4.22. The maximum atomic E-state index is 13.0. The SMILES string of the molecule is CCC/C=C/CC/C=C/CC/C=C/C(O)C(COC1OC(CO)C(O)C(O)C1O)NC(=O)CCCCCCCCCCCCCCC/C=C\C/C=C\CCCCCCCCCCCOC(=O)CCCCCCC/C=C\CCCCC. The van der Waals surface area contributed by atoms with E-state index in [1.807, 2.05) is 6.08 Å². The lowest BCUT2D eigenvalue weighted by Crippen LogP contribution is -2.60. The van der Waals surface area contributed by atoms with Gasteiger partial charge >= 0.3 is 5.97 Å². The lowest BCUT2D eigenvalue weighted by Gasteiger charge is -2.40. The van der Waals surface area contributed by atoms with E-state index in [-0.39, 0.29) is 18.5 Å². The first-order chi connectivity index (χ1) is 39.2. The molecule has 0 aliphatic carbocycles. The van der Waals surface area contributed by atoms with Crippen molar-refractivity contribution in [1.29, 1.82) is 0 Å². The molecule has 1 fully saturated rings. The second-order valence-electron chi connectivity index (χ2n) is 22.8. The third-order valence-electron chi connectivity index (χ3n) is 15.2. The van der Waals surface area contributed by atoms with E-state index in [0.29, 0.717) is 19.4 Å².